The summed E-state index contributed by atoms with van der Waals surface area (Å²) in [7, 11) is 0. The largest absolute Gasteiger partial charge is 0.460 e. The molecule has 0 aromatic heterocycles. The van der Waals surface area contributed by atoms with Gasteiger partial charge in [-0.25, -0.2) is 4.79 Å². The van der Waals surface area contributed by atoms with Crippen LogP contribution in [-0.2, 0) is 14.3 Å². The van der Waals surface area contributed by atoms with Gasteiger partial charge in [-0.05, 0) is 19.3 Å². The van der Waals surface area contributed by atoms with E-state index in [1.54, 1.807) is 0 Å². The molecule has 1 heterocycles. The van der Waals surface area contributed by atoms with Crippen molar-refractivity contribution in [1.82, 2.24) is 0 Å². The van der Waals surface area contributed by atoms with E-state index in [4.69, 9.17) is 9.47 Å². The van der Waals surface area contributed by atoms with E-state index >= 15 is 0 Å². The predicted octanol–water partition coefficient (Wildman–Crippen LogP) is 3.05. The topological polar surface area (TPSA) is 35.5 Å². The van der Waals surface area contributed by atoms with Gasteiger partial charge in [0, 0.05) is 11.9 Å². The number of cyclic esters (lactones) is 1. The Hall–Kier alpha value is -0.0900. The highest BCUT2D eigenvalue weighted by molar-refractivity contribution is 9.09. The second-order valence-corrected chi connectivity index (χ2v) is 4.88. The molecule has 1 unspecified atom stereocenters. The SMILES string of the molecule is O=C1COCCCCCCCCC(CBr)O1. The van der Waals surface area contributed by atoms with Crippen molar-refractivity contribution >= 4 is 21.9 Å². The van der Waals surface area contributed by atoms with Gasteiger partial charge in [0.25, 0.3) is 0 Å². The van der Waals surface area contributed by atoms with Gasteiger partial charge in [0.05, 0.1) is 0 Å². The molecule has 0 aromatic carbocycles. The summed E-state index contributed by atoms with van der Waals surface area (Å²) >= 11 is 3.38. The molecule has 0 radical (unpaired) electrons. The molecule has 1 fully saturated rings. The number of ether oxygens (including phenoxy) is 2. The lowest BCUT2D eigenvalue weighted by Crippen LogP contribution is -2.23. The Bertz CT molecular complexity index is 197. The van der Waals surface area contributed by atoms with Gasteiger partial charge < -0.3 is 9.47 Å². The minimum absolute atomic E-state index is 0.0110. The zero-order valence-electron chi connectivity index (χ0n) is 9.75. The first-order valence-corrected chi connectivity index (χ1v) is 7.28. The van der Waals surface area contributed by atoms with Gasteiger partial charge in [0.1, 0.15) is 12.7 Å². The summed E-state index contributed by atoms with van der Waals surface area (Å²) in [6.07, 6.45) is 8.16. The fourth-order valence-corrected chi connectivity index (χ4v) is 2.28. The maximum atomic E-state index is 11.4. The van der Waals surface area contributed by atoms with Gasteiger partial charge in [-0.3, -0.25) is 0 Å². The van der Waals surface area contributed by atoms with Crippen LogP contribution in [0.5, 0.6) is 0 Å². The zero-order chi connectivity index (χ0) is 11.6. The van der Waals surface area contributed by atoms with Crippen molar-refractivity contribution in [3.8, 4) is 0 Å². The smallest absolute Gasteiger partial charge is 0.332 e. The number of hydrogen-bond acceptors (Lipinski definition) is 3. The Balaban J connectivity index is 2.32. The van der Waals surface area contributed by atoms with Crippen molar-refractivity contribution in [2.75, 3.05) is 18.5 Å². The van der Waals surface area contributed by atoms with Crippen LogP contribution in [0.1, 0.15) is 44.9 Å². The summed E-state index contributed by atoms with van der Waals surface area (Å²) in [6, 6.07) is 0. The second kappa shape index (κ2) is 8.99. The van der Waals surface area contributed by atoms with Crippen LogP contribution in [0, 0.1) is 0 Å². The Morgan fingerprint density at radius 3 is 2.56 bits per heavy atom. The van der Waals surface area contributed by atoms with Gasteiger partial charge in [-0.1, -0.05) is 41.6 Å². The van der Waals surface area contributed by atoms with Crippen molar-refractivity contribution in [1.29, 1.82) is 0 Å². The van der Waals surface area contributed by atoms with Gasteiger partial charge in [0.15, 0.2) is 0 Å². The lowest BCUT2D eigenvalue weighted by Gasteiger charge is -2.15. The van der Waals surface area contributed by atoms with Gasteiger partial charge >= 0.3 is 5.97 Å². The minimum Gasteiger partial charge on any atom is -0.460 e. The van der Waals surface area contributed by atoms with Crippen LogP contribution in [0.15, 0.2) is 0 Å². The lowest BCUT2D eigenvalue weighted by atomic mass is 10.1. The molecule has 16 heavy (non-hydrogen) atoms. The molecule has 1 rings (SSSR count). The maximum Gasteiger partial charge on any atom is 0.332 e. The first-order valence-electron chi connectivity index (χ1n) is 6.16. The maximum absolute atomic E-state index is 11.4. The third kappa shape index (κ3) is 6.48. The van der Waals surface area contributed by atoms with E-state index in [0.717, 1.165) is 24.6 Å². The van der Waals surface area contributed by atoms with E-state index in [-0.39, 0.29) is 18.7 Å². The number of esters is 1. The van der Waals surface area contributed by atoms with Gasteiger partial charge in [-0.15, -0.1) is 0 Å². The molecule has 1 saturated heterocycles. The van der Waals surface area contributed by atoms with E-state index in [0.29, 0.717) is 6.61 Å². The molecule has 1 aliphatic heterocycles. The summed E-state index contributed by atoms with van der Waals surface area (Å²) in [5.74, 6) is -0.233. The number of alkyl halides is 1. The van der Waals surface area contributed by atoms with E-state index < -0.39 is 0 Å². The highest BCUT2D eigenvalue weighted by Crippen LogP contribution is 2.13. The summed E-state index contributed by atoms with van der Waals surface area (Å²) in [6.45, 7) is 0.775. The number of halogens is 1. The standard InChI is InChI=1S/C12H21BrO3/c13-9-11-7-5-3-1-2-4-6-8-15-10-12(14)16-11/h11H,1-10H2. The van der Waals surface area contributed by atoms with E-state index in [2.05, 4.69) is 15.9 Å². The van der Waals surface area contributed by atoms with E-state index in [9.17, 15) is 4.79 Å². The lowest BCUT2D eigenvalue weighted by molar-refractivity contribution is -0.153. The Kier molecular flexibility index (Phi) is 7.85. The molecule has 0 amide bonds. The van der Waals surface area contributed by atoms with Crippen LogP contribution >= 0.6 is 15.9 Å². The summed E-state index contributed by atoms with van der Waals surface area (Å²) < 4.78 is 10.6. The van der Waals surface area contributed by atoms with Crippen LogP contribution in [0.3, 0.4) is 0 Å². The molecule has 94 valence electrons. The van der Waals surface area contributed by atoms with Gasteiger partial charge in [0.2, 0.25) is 0 Å². The molecule has 0 N–H and O–H groups in total. The molecular formula is C12H21BrO3. The molecule has 0 saturated carbocycles. The summed E-state index contributed by atoms with van der Waals surface area (Å²) in [4.78, 5) is 11.4. The normalized spacial score (nSPS) is 26.1. The zero-order valence-corrected chi connectivity index (χ0v) is 11.3. The van der Waals surface area contributed by atoms with E-state index in [1.165, 1.54) is 25.7 Å². The third-order valence-electron chi connectivity index (χ3n) is 2.75. The van der Waals surface area contributed by atoms with Gasteiger partial charge in [-0.2, -0.15) is 0 Å². The van der Waals surface area contributed by atoms with Crippen LogP contribution in [0.25, 0.3) is 0 Å². The minimum atomic E-state index is -0.233. The number of carbonyl (C=O) groups is 1. The van der Waals surface area contributed by atoms with Crippen LogP contribution in [0.4, 0.5) is 0 Å². The molecule has 0 bridgehead atoms. The molecule has 0 spiro atoms. The summed E-state index contributed by atoms with van der Waals surface area (Å²) in [5, 5.41) is 0.721. The van der Waals surface area contributed by atoms with Crippen molar-refractivity contribution < 1.29 is 14.3 Å². The Labute approximate surface area is 106 Å². The number of carbonyl (C=O) groups excluding carboxylic acids is 1. The Morgan fingerprint density at radius 1 is 1.12 bits per heavy atom. The molecule has 3 nitrogen and oxygen atoms in total. The first kappa shape index (κ1) is 14.0. The second-order valence-electron chi connectivity index (χ2n) is 4.23. The van der Waals surface area contributed by atoms with Crippen molar-refractivity contribution in [3.05, 3.63) is 0 Å². The average Bonchev–Trinajstić information content (AvgIpc) is 2.30. The quantitative estimate of drug-likeness (QED) is 0.550. The molecule has 0 aliphatic carbocycles. The fraction of sp³-hybridized carbons (Fsp3) is 0.917. The highest BCUT2D eigenvalue weighted by Gasteiger charge is 2.13. The van der Waals surface area contributed by atoms with Crippen LogP contribution in [-0.4, -0.2) is 30.6 Å². The van der Waals surface area contributed by atoms with Crippen LogP contribution in [0.2, 0.25) is 0 Å². The average molecular weight is 293 g/mol. The molecular weight excluding hydrogens is 272 g/mol. The number of hydrogen-bond donors (Lipinski definition) is 0. The van der Waals surface area contributed by atoms with Crippen molar-refractivity contribution in [3.63, 3.8) is 0 Å². The molecule has 1 atom stereocenters. The number of rotatable bonds is 1. The molecule has 4 heteroatoms. The monoisotopic (exact) mass is 292 g/mol. The van der Waals surface area contributed by atoms with E-state index in [1.807, 2.05) is 0 Å². The predicted molar refractivity (Wildman–Crippen MR) is 66.8 cm³/mol. The Morgan fingerprint density at radius 2 is 1.81 bits per heavy atom. The van der Waals surface area contributed by atoms with Crippen molar-refractivity contribution in [2.24, 2.45) is 0 Å². The third-order valence-corrected chi connectivity index (χ3v) is 3.48. The van der Waals surface area contributed by atoms with Crippen LogP contribution < -0.4 is 0 Å². The highest BCUT2D eigenvalue weighted by atomic mass is 79.9. The fourth-order valence-electron chi connectivity index (χ4n) is 1.83. The molecule has 0 aromatic rings. The van der Waals surface area contributed by atoms with Crippen molar-refractivity contribution in [2.45, 2.75) is 51.0 Å². The first-order chi connectivity index (χ1) is 7.83. The summed E-state index contributed by atoms with van der Waals surface area (Å²) in [5.41, 5.74) is 0. The molecule has 1 aliphatic rings.